The predicted octanol–water partition coefficient (Wildman–Crippen LogP) is 4.67. The van der Waals surface area contributed by atoms with Crippen LogP contribution < -0.4 is 14.2 Å². The first kappa shape index (κ1) is 20.0. The maximum atomic E-state index is 11.3. The summed E-state index contributed by atoms with van der Waals surface area (Å²) in [6.07, 6.45) is 8.34. The molecule has 0 saturated heterocycles. The summed E-state index contributed by atoms with van der Waals surface area (Å²) in [5, 5.41) is 0. The minimum atomic E-state index is -0.490. The van der Waals surface area contributed by atoms with Crippen molar-refractivity contribution in [3.63, 3.8) is 0 Å². The van der Waals surface area contributed by atoms with E-state index in [4.69, 9.17) is 14.2 Å². The second-order valence-electron chi connectivity index (χ2n) is 5.74. The van der Waals surface area contributed by atoms with Crippen LogP contribution in [-0.4, -0.2) is 18.5 Å². The molecule has 0 heterocycles. The van der Waals surface area contributed by atoms with Crippen LogP contribution in [0.2, 0.25) is 0 Å². The topological polar surface area (TPSA) is 61.8 Å². The van der Waals surface area contributed by atoms with E-state index in [0.717, 1.165) is 12.8 Å². The van der Waals surface area contributed by atoms with E-state index in [9.17, 15) is 9.59 Å². The molecule has 0 bridgehead atoms. The summed E-state index contributed by atoms with van der Waals surface area (Å²) in [4.78, 5) is 22.5. The van der Waals surface area contributed by atoms with Crippen LogP contribution in [0.4, 0.5) is 0 Å². The monoisotopic (exact) mass is 336 g/mol. The van der Waals surface area contributed by atoms with Gasteiger partial charge in [0, 0.05) is 13.8 Å². The number of para-hydroxylation sites is 1. The second kappa shape index (κ2) is 11.5. The third-order valence-electron chi connectivity index (χ3n) is 3.45. The molecule has 1 rings (SSSR count). The highest BCUT2D eigenvalue weighted by atomic mass is 16.6. The lowest BCUT2D eigenvalue weighted by Gasteiger charge is -2.14. The average Bonchev–Trinajstić information content (AvgIpc) is 2.51. The van der Waals surface area contributed by atoms with Crippen LogP contribution in [0.3, 0.4) is 0 Å². The molecule has 24 heavy (non-hydrogen) atoms. The molecule has 134 valence electrons. The van der Waals surface area contributed by atoms with Crippen molar-refractivity contribution < 1.29 is 23.8 Å². The highest BCUT2D eigenvalue weighted by Crippen LogP contribution is 2.37. The first-order chi connectivity index (χ1) is 11.5. The Bertz CT molecular complexity index is 524. The number of rotatable bonds is 11. The van der Waals surface area contributed by atoms with Gasteiger partial charge in [-0.25, -0.2) is 0 Å². The fourth-order valence-corrected chi connectivity index (χ4v) is 2.33. The lowest BCUT2D eigenvalue weighted by molar-refractivity contribution is -0.134. The molecule has 0 aromatic heterocycles. The van der Waals surface area contributed by atoms with Crippen molar-refractivity contribution in [2.75, 3.05) is 6.61 Å². The molecule has 0 spiro atoms. The number of unbranched alkanes of at least 4 members (excludes halogenated alkanes) is 6. The van der Waals surface area contributed by atoms with Crippen molar-refractivity contribution in [1.82, 2.24) is 0 Å². The lowest BCUT2D eigenvalue weighted by atomic mass is 10.1. The van der Waals surface area contributed by atoms with Crippen molar-refractivity contribution in [2.45, 2.75) is 65.7 Å². The van der Waals surface area contributed by atoms with Crippen molar-refractivity contribution in [3.05, 3.63) is 18.2 Å². The second-order valence-corrected chi connectivity index (χ2v) is 5.74. The summed E-state index contributed by atoms with van der Waals surface area (Å²) in [6, 6.07) is 4.97. The first-order valence-electron chi connectivity index (χ1n) is 8.67. The number of ether oxygens (including phenoxy) is 3. The van der Waals surface area contributed by atoms with E-state index in [0.29, 0.717) is 12.4 Å². The van der Waals surface area contributed by atoms with Gasteiger partial charge in [0.2, 0.25) is 5.75 Å². The number of hydrogen-bond donors (Lipinski definition) is 0. The van der Waals surface area contributed by atoms with E-state index in [1.54, 1.807) is 18.2 Å². The Hall–Kier alpha value is -2.04. The zero-order valence-corrected chi connectivity index (χ0v) is 14.9. The zero-order chi connectivity index (χ0) is 17.8. The lowest BCUT2D eigenvalue weighted by Crippen LogP contribution is -2.09. The Morgan fingerprint density at radius 3 is 2.04 bits per heavy atom. The highest BCUT2D eigenvalue weighted by molar-refractivity contribution is 5.75. The molecule has 0 aliphatic carbocycles. The van der Waals surface area contributed by atoms with Crippen molar-refractivity contribution in [3.8, 4) is 17.2 Å². The van der Waals surface area contributed by atoms with Gasteiger partial charge in [0.25, 0.3) is 0 Å². The summed E-state index contributed by atoms with van der Waals surface area (Å²) in [6.45, 7) is 5.33. The number of esters is 2. The number of carbonyl (C=O) groups is 2. The molecular formula is C19H28O5. The molecule has 0 atom stereocenters. The summed E-state index contributed by atoms with van der Waals surface area (Å²) in [7, 11) is 0. The van der Waals surface area contributed by atoms with E-state index in [1.165, 1.54) is 46.0 Å². The van der Waals surface area contributed by atoms with Crippen LogP contribution in [-0.2, 0) is 9.59 Å². The quantitative estimate of drug-likeness (QED) is 0.334. The molecule has 0 saturated carbocycles. The first-order valence-corrected chi connectivity index (χ1v) is 8.67. The van der Waals surface area contributed by atoms with Crippen molar-refractivity contribution in [2.24, 2.45) is 0 Å². The molecule has 5 nitrogen and oxygen atoms in total. The van der Waals surface area contributed by atoms with E-state index in [2.05, 4.69) is 6.92 Å². The van der Waals surface area contributed by atoms with Gasteiger partial charge in [0.05, 0.1) is 6.61 Å². The van der Waals surface area contributed by atoms with Crippen LogP contribution in [0.1, 0.15) is 65.7 Å². The Labute approximate surface area is 144 Å². The van der Waals surface area contributed by atoms with Gasteiger partial charge in [-0.1, -0.05) is 51.5 Å². The molecule has 0 N–H and O–H groups in total. The third-order valence-corrected chi connectivity index (χ3v) is 3.45. The van der Waals surface area contributed by atoms with E-state index in [-0.39, 0.29) is 11.5 Å². The molecule has 0 fully saturated rings. The van der Waals surface area contributed by atoms with E-state index < -0.39 is 11.9 Å². The molecule has 0 unspecified atom stereocenters. The molecular weight excluding hydrogens is 308 g/mol. The fraction of sp³-hybridized carbons (Fsp3) is 0.579. The molecule has 0 aliphatic rings. The van der Waals surface area contributed by atoms with Crippen molar-refractivity contribution >= 4 is 11.9 Å². The summed E-state index contributed by atoms with van der Waals surface area (Å²) < 4.78 is 16.0. The van der Waals surface area contributed by atoms with Gasteiger partial charge in [0.1, 0.15) is 0 Å². The van der Waals surface area contributed by atoms with Crippen LogP contribution >= 0.6 is 0 Å². The fourth-order valence-electron chi connectivity index (χ4n) is 2.33. The van der Waals surface area contributed by atoms with Crippen LogP contribution in [0.25, 0.3) is 0 Å². The molecule has 5 heteroatoms. The maximum absolute atomic E-state index is 11.3. The van der Waals surface area contributed by atoms with Crippen LogP contribution in [0.15, 0.2) is 18.2 Å². The van der Waals surface area contributed by atoms with Gasteiger partial charge < -0.3 is 14.2 Å². The molecule has 0 aliphatic heterocycles. The highest BCUT2D eigenvalue weighted by Gasteiger charge is 2.16. The van der Waals surface area contributed by atoms with E-state index >= 15 is 0 Å². The Kier molecular flexibility index (Phi) is 9.58. The Balaban J connectivity index is 2.53. The van der Waals surface area contributed by atoms with Gasteiger partial charge in [-0.15, -0.1) is 0 Å². The van der Waals surface area contributed by atoms with Crippen molar-refractivity contribution in [1.29, 1.82) is 0 Å². The number of carbonyl (C=O) groups excluding carboxylic acids is 2. The predicted molar refractivity (Wildman–Crippen MR) is 92.5 cm³/mol. The normalized spacial score (nSPS) is 10.3. The average molecular weight is 336 g/mol. The smallest absolute Gasteiger partial charge is 0.308 e. The van der Waals surface area contributed by atoms with Gasteiger partial charge >= 0.3 is 11.9 Å². The van der Waals surface area contributed by atoms with Crippen LogP contribution in [0, 0.1) is 0 Å². The summed E-state index contributed by atoms with van der Waals surface area (Å²) in [5.74, 6) is -0.212. The largest absolute Gasteiger partial charge is 0.490 e. The van der Waals surface area contributed by atoms with Gasteiger partial charge in [-0.2, -0.15) is 0 Å². The summed E-state index contributed by atoms with van der Waals surface area (Å²) >= 11 is 0. The minimum Gasteiger partial charge on any atom is -0.490 e. The minimum absolute atomic E-state index is 0.156. The van der Waals surface area contributed by atoms with Gasteiger partial charge in [0.15, 0.2) is 11.5 Å². The van der Waals surface area contributed by atoms with Gasteiger partial charge in [-0.3, -0.25) is 9.59 Å². The van der Waals surface area contributed by atoms with Gasteiger partial charge in [-0.05, 0) is 18.6 Å². The maximum Gasteiger partial charge on any atom is 0.308 e. The standard InChI is InChI=1S/C19H28O5/c1-4-5-6-7-8-9-10-14-22-17-12-11-13-18(23-15(2)20)19(17)24-16(3)21/h11-13H,4-10,14H2,1-3H3. The molecule has 0 amide bonds. The van der Waals surface area contributed by atoms with Crippen LogP contribution in [0.5, 0.6) is 17.2 Å². The number of benzene rings is 1. The van der Waals surface area contributed by atoms with E-state index in [1.807, 2.05) is 0 Å². The number of hydrogen-bond acceptors (Lipinski definition) is 5. The molecule has 1 aromatic rings. The zero-order valence-electron chi connectivity index (χ0n) is 14.9. The molecule has 1 aromatic carbocycles. The third kappa shape index (κ3) is 7.99. The Morgan fingerprint density at radius 1 is 0.833 bits per heavy atom. The summed E-state index contributed by atoms with van der Waals surface area (Å²) in [5.41, 5.74) is 0. The Morgan fingerprint density at radius 2 is 1.42 bits per heavy atom. The SMILES string of the molecule is CCCCCCCCCOc1cccc(OC(C)=O)c1OC(C)=O. The molecule has 0 radical (unpaired) electrons.